The Morgan fingerprint density at radius 1 is 1.13 bits per heavy atom. The van der Waals surface area contributed by atoms with Crippen LogP contribution in [0.2, 0.25) is 0 Å². The summed E-state index contributed by atoms with van der Waals surface area (Å²) in [6.45, 7) is 0.246. The smallest absolute Gasteiger partial charge is 0.355 e. The second kappa shape index (κ2) is 6.75. The van der Waals surface area contributed by atoms with Crippen molar-refractivity contribution >= 4 is 17.3 Å². The molecular formula is C17H13F2NO2S. The quantitative estimate of drug-likeness (QED) is 0.654. The summed E-state index contributed by atoms with van der Waals surface area (Å²) >= 11 is 1.59. The van der Waals surface area contributed by atoms with E-state index in [2.05, 4.69) is 0 Å². The number of rotatable bonds is 5. The number of benzene rings is 1. The van der Waals surface area contributed by atoms with Crippen molar-refractivity contribution < 1.29 is 18.3 Å². The Bertz CT molecular complexity index is 812. The van der Waals surface area contributed by atoms with Crippen molar-refractivity contribution in [2.24, 2.45) is 0 Å². The first kappa shape index (κ1) is 15.4. The van der Waals surface area contributed by atoms with Gasteiger partial charge in [-0.05, 0) is 29.6 Å². The van der Waals surface area contributed by atoms with Gasteiger partial charge in [0.25, 0.3) is 0 Å². The van der Waals surface area contributed by atoms with E-state index in [4.69, 9.17) is 4.74 Å². The second-order valence-corrected chi connectivity index (χ2v) is 5.92. The Balaban J connectivity index is 1.69. The number of ether oxygens (including phenoxy) is 1. The number of nitrogens with zero attached hydrogens (tertiary/aromatic N) is 1. The first-order valence-electron chi connectivity index (χ1n) is 6.92. The van der Waals surface area contributed by atoms with Crippen LogP contribution in [-0.2, 0) is 17.9 Å². The second-order valence-electron chi connectivity index (χ2n) is 4.89. The molecule has 0 saturated carbocycles. The minimum absolute atomic E-state index is 0.00899. The van der Waals surface area contributed by atoms with Gasteiger partial charge in [0.1, 0.15) is 12.3 Å². The highest BCUT2D eigenvalue weighted by Crippen LogP contribution is 2.16. The van der Waals surface area contributed by atoms with Crippen LogP contribution in [0.1, 0.15) is 20.9 Å². The molecule has 0 spiro atoms. The van der Waals surface area contributed by atoms with E-state index in [0.717, 1.165) is 10.9 Å². The number of carbonyl (C=O) groups excluding carboxylic acids is 1. The summed E-state index contributed by atoms with van der Waals surface area (Å²) in [5.74, 6) is -2.52. The van der Waals surface area contributed by atoms with Crippen molar-refractivity contribution in [2.75, 3.05) is 0 Å². The molecular weight excluding hydrogens is 320 g/mol. The molecule has 3 aromatic rings. The molecule has 1 aromatic carbocycles. The molecule has 0 bridgehead atoms. The van der Waals surface area contributed by atoms with E-state index >= 15 is 0 Å². The number of hydrogen-bond acceptors (Lipinski definition) is 3. The molecule has 2 heterocycles. The van der Waals surface area contributed by atoms with Gasteiger partial charge in [-0.3, -0.25) is 0 Å². The van der Waals surface area contributed by atoms with Gasteiger partial charge in [0.15, 0.2) is 11.6 Å². The van der Waals surface area contributed by atoms with Gasteiger partial charge in [-0.2, -0.15) is 0 Å². The zero-order valence-corrected chi connectivity index (χ0v) is 12.9. The summed E-state index contributed by atoms with van der Waals surface area (Å²) in [7, 11) is 0. The van der Waals surface area contributed by atoms with Crippen LogP contribution >= 0.6 is 11.3 Å². The number of halogens is 2. The lowest BCUT2D eigenvalue weighted by molar-refractivity contribution is 0.0456. The number of thiophene rings is 1. The molecule has 0 N–H and O–H groups in total. The van der Waals surface area contributed by atoms with Crippen LogP contribution in [0, 0.1) is 11.6 Å². The molecule has 0 unspecified atom stereocenters. The number of esters is 1. The Morgan fingerprint density at radius 3 is 2.78 bits per heavy atom. The average Bonchev–Trinajstić information content (AvgIpc) is 3.21. The molecule has 0 aliphatic heterocycles. The highest BCUT2D eigenvalue weighted by molar-refractivity contribution is 7.09. The summed E-state index contributed by atoms with van der Waals surface area (Å²) in [5.41, 5.74) is 0.380. The topological polar surface area (TPSA) is 31.2 Å². The van der Waals surface area contributed by atoms with E-state index < -0.39 is 17.6 Å². The van der Waals surface area contributed by atoms with Crippen molar-refractivity contribution in [2.45, 2.75) is 13.2 Å². The molecule has 3 rings (SSSR count). The summed E-state index contributed by atoms with van der Waals surface area (Å²) in [6.07, 6.45) is 1.78. The fourth-order valence-corrected chi connectivity index (χ4v) is 2.89. The summed E-state index contributed by atoms with van der Waals surface area (Å²) in [5, 5.41) is 1.96. The van der Waals surface area contributed by atoms with Gasteiger partial charge in [-0.25, -0.2) is 13.6 Å². The lowest BCUT2D eigenvalue weighted by Gasteiger charge is -2.09. The largest absolute Gasteiger partial charge is 0.456 e. The molecule has 0 radical (unpaired) electrons. The third-order valence-corrected chi connectivity index (χ3v) is 4.20. The Kier molecular flexibility index (Phi) is 4.52. The van der Waals surface area contributed by atoms with Crippen LogP contribution in [0.4, 0.5) is 8.78 Å². The van der Waals surface area contributed by atoms with E-state index in [9.17, 15) is 13.6 Å². The van der Waals surface area contributed by atoms with Crippen molar-refractivity contribution in [1.82, 2.24) is 4.57 Å². The van der Waals surface area contributed by atoms with Gasteiger partial charge in [0, 0.05) is 16.6 Å². The van der Waals surface area contributed by atoms with E-state index in [0.29, 0.717) is 12.2 Å². The maximum Gasteiger partial charge on any atom is 0.355 e. The van der Waals surface area contributed by atoms with E-state index in [1.807, 2.05) is 17.5 Å². The number of carbonyl (C=O) groups is 1. The van der Waals surface area contributed by atoms with E-state index in [-0.39, 0.29) is 12.2 Å². The Morgan fingerprint density at radius 2 is 2.00 bits per heavy atom. The molecule has 2 aromatic heterocycles. The molecule has 0 atom stereocenters. The molecule has 118 valence electrons. The van der Waals surface area contributed by atoms with Crippen molar-refractivity contribution in [3.63, 3.8) is 0 Å². The SMILES string of the molecule is O=C(OCc1cccc(F)c1F)c1cccn1Cc1cccs1. The van der Waals surface area contributed by atoms with Crippen molar-refractivity contribution in [3.05, 3.63) is 81.8 Å². The van der Waals surface area contributed by atoms with Gasteiger partial charge in [-0.1, -0.05) is 18.2 Å². The fraction of sp³-hybridized carbons (Fsp3) is 0.118. The first-order valence-corrected chi connectivity index (χ1v) is 7.80. The van der Waals surface area contributed by atoms with Crippen LogP contribution in [0.25, 0.3) is 0 Å². The van der Waals surface area contributed by atoms with Gasteiger partial charge in [-0.15, -0.1) is 11.3 Å². The summed E-state index contributed by atoms with van der Waals surface area (Å²) in [6, 6.07) is 11.1. The van der Waals surface area contributed by atoms with Crippen LogP contribution in [0.15, 0.2) is 54.0 Å². The number of hydrogen-bond donors (Lipinski definition) is 0. The zero-order chi connectivity index (χ0) is 16.2. The molecule has 0 amide bonds. The van der Waals surface area contributed by atoms with Gasteiger partial charge >= 0.3 is 5.97 Å². The molecule has 0 aliphatic rings. The minimum atomic E-state index is -0.991. The van der Waals surface area contributed by atoms with Crippen molar-refractivity contribution in [3.8, 4) is 0 Å². The molecule has 0 fully saturated rings. The normalized spacial score (nSPS) is 10.7. The van der Waals surface area contributed by atoms with Crippen LogP contribution < -0.4 is 0 Å². The lowest BCUT2D eigenvalue weighted by Crippen LogP contribution is -2.12. The third kappa shape index (κ3) is 3.48. The fourth-order valence-electron chi connectivity index (χ4n) is 2.18. The standard InChI is InChI=1S/C17H13F2NO2S/c18-14-6-1-4-12(16(14)19)11-22-17(21)15-7-2-8-20(15)10-13-5-3-9-23-13/h1-9H,10-11H2. The maximum atomic E-state index is 13.6. The van der Waals surface area contributed by atoms with Crippen LogP contribution in [0.5, 0.6) is 0 Å². The highest BCUT2D eigenvalue weighted by Gasteiger charge is 2.15. The zero-order valence-electron chi connectivity index (χ0n) is 12.0. The van der Waals surface area contributed by atoms with E-state index in [1.165, 1.54) is 12.1 Å². The summed E-state index contributed by atoms with van der Waals surface area (Å²) in [4.78, 5) is 13.3. The van der Waals surface area contributed by atoms with Crippen LogP contribution in [0.3, 0.4) is 0 Å². The van der Waals surface area contributed by atoms with Gasteiger partial charge in [0.2, 0.25) is 0 Å². The summed E-state index contributed by atoms with van der Waals surface area (Å²) < 4.78 is 33.6. The monoisotopic (exact) mass is 333 g/mol. The molecule has 0 aliphatic carbocycles. The Hall–Kier alpha value is -2.47. The van der Waals surface area contributed by atoms with E-state index in [1.54, 1.807) is 34.2 Å². The first-order chi connectivity index (χ1) is 11.1. The minimum Gasteiger partial charge on any atom is -0.456 e. The predicted octanol–water partition coefficient (Wildman–Crippen LogP) is 4.23. The third-order valence-electron chi connectivity index (χ3n) is 3.34. The Labute approximate surface area is 135 Å². The maximum absolute atomic E-state index is 13.6. The van der Waals surface area contributed by atoms with Gasteiger partial charge < -0.3 is 9.30 Å². The van der Waals surface area contributed by atoms with Crippen molar-refractivity contribution in [1.29, 1.82) is 0 Å². The molecule has 23 heavy (non-hydrogen) atoms. The molecule has 6 heteroatoms. The molecule has 0 saturated heterocycles. The van der Waals surface area contributed by atoms with Gasteiger partial charge in [0.05, 0.1) is 6.54 Å². The lowest BCUT2D eigenvalue weighted by atomic mass is 10.2. The molecule has 3 nitrogen and oxygen atoms in total. The average molecular weight is 333 g/mol. The highest BCUT2D eigenvalue weighted by atomic mass is 32.1. The van der Waals surface area contributed by atoms with Crippen LogP contribution in [-0.4, -0.2) is 10.5 Å². The number of aromatic nitrogens is 1. The predicted molar refractivity (Wildman–Crippen MR) is 83.3 cm³/mol.